The number of benzene rings is 2. The van der Waals surface area contributed by atoms with Gasteiger partial charge in [0.25, 0.3) is 0 Å². The Bertz CT molecular complexity index is 1020. The molecule has 148 valence electrons. The molecule has 10 heteroatoms. The Morgan fingerprint density at radius 2 is 1.75 bits per heavy atom. The van der Waals surface area contributed by atoms with Gasteiger partial charge in [-0.25, -0.2) is 17.9 Å². The molecule has 1 aliphatic heterocycles. The summed E-state index contributed by atoms with van der Waals surface area (Å²) in [6.07, 6.45) is 0.875. The zero-order chi connectivity index (χ0) is 20.5. The third-order valence-corrected chi connectivity index (χ3v) is 5.74. The first kappa shape index (κ1) is 19.9. The maximum Gasteiger partial charge on any atom is 0.312 e. The number of rotatable bonds is 5. The maximum absolute atomic E-state index is 13.0. The van der Waals surface area contributed by atoms with Gasteiger partial charge in [-0.2, -0.15) is 0 Å². The summed E-state index contributed by atoms with van der Waals surface area (Å²) in [4.78, 5) is 24.4. The van der Waals surface area contributed by atoms with E-state index in [1.165, 1.54) is 36.4 Å². The van der Waals surface area contributed by atoms with Crippen LogP contribution in [0.25, 0.3) is 0 Å². The Hall–Kier alpha value is -2.85. The van der Waals surface area contributed by atoms with E-state index in [0.29, 0.717) is 31.5 Å². The van der Waals surface area contributed by atoms with Crippen molar-refractivity contribution < 1.29 is 22.5 Å². The number of nitrogens with two attached hydrogens (primary N) is 1. The van der Waals surface area contributed by atoms with Gasteiger partial charge in [-0.05, 0) is 49.2 Å². The molecule has 0 aliphatic carbocycles. The Balaban J connectivity index is 1.81. The number of carbonyl (C=O) groups excluding carboxylic acids is 1. The smallest absolute Gasteiger partial charge is 0.312 e. The maximum atomic E-state index is 13.0. The quantitative estimate of drug-likeness (QED) is 0.461. The Morgan fingerprint density at radius 3 is 2.29 bits per heavy atom. The van der Waals surface area contributed by atoms with E-state index in [-0.39, 0.29) is 17.4 Å². The van der Waals surface area contributed by atoms with Crippen molar-refractivity contribution in [2.45, 2.75) is 17.7 Å². The van der Waals surface area contributed by atoms with Crippen LogP contribution in [-0.4, -0.2) is 32.2 Å². The number of carbonyl (C=O) groups is 1. The van der Waals surface area contributed by atoms with Crippen LogP contribution in [0.3, 0.4) is 0 Å². The summed E-state index contributed by atoms with van der Waals surface area (Å²) in [7, 11) is -4.26. The number of Topliss-reactive ketones (excluding diaryl/α,β-unsaturated/α-hetero) is 1. The molecule has 1 fully saturated rings. The van der Waals surface area contributed by atoms with Crippen LogP contribution in [-0.2, 0) is 10.0 Å². The predicted molar refractivity (Wildman–Crippen MR) is 100 cm³/mol. The van der Waals surface area contributed by atoms with Crippen LogP contribution in [0.2, 0.25) is 0 Å². The highest BCUT2D eigenvalue weighted by atomic mass is 32.2. The number of nitro groups is 1. The van der Waals surface area contributed by atoms with Crippen molar-refractivity contribution in [2.24, 2.45) is 11.1 Å². The monoisotopic (exact) mass is 407 g/mol. The minimum absolute atomic E-state index is 0.104. The molecule has 28 heavy (non-hydrogen) atoms. The number of halogens is 1. The lowest BCUT2D eigenvalue weighted by Crippen LogP contribution is -2.37. The lowest BCUT2D eigenvalue weighted by atomic mass is 9.88. The summed E-state index contributed by atoms with van der Waals surface area (Å²) in [6, 6.07) is 9.29. The molecule has 0 saturated carbocycles. The molecule has 2 aromatic rings. The van der Waals surface area contributed by atoms with E-state index < -0.39 is 31.3 Å². The van der Waals surface area contributed by atoms with E-state index in [4.69, 9.17) is 5.14 Å². The van der Waals surface area contributed by atoms with Crippen molar-refractivity contribution in [3.63, 3.8) is 0 Å². The van der Waals surface area contributed by atoms with Gasteiger partial charge in [0, 0.05) is 24.6 Å². The van der Waals surface area contributed by atoms with Gasteiger partial charge in [0.15, 0.2) is 10.7 Å². The third kappa shape index (κ3) is 4.02. The number of piperidine rings is 1. The lowest BCUT2D eigenvalue weighted by Gasteiger charge is -2.32. The van der Waals surface area contributed by atoms with Gasteiger partial charge in [-0.15, -0.1) is 0 Å². The highest BCUT2D eigenvalue weighted by molar-refractivity contribution is 7.89. The van der Waals surface area contributed by atoms with Crippen molar-refractivity contribution in [1.82, 2.24) is 0 Å². The molecule has 1 saturated heterocycles. The topological polar surface area (TPSA) is 124 Å². The second-order valence-corrected chi connectivity index (χ2v) is 8.09. The molecule has 0 atom stereocenters. The predicted octanol–water partition coefficient (Wildman–Crippen LogP) is 2.48. The van der Waals surface area contributed by atoms with Crippen LogP contribution in [0.15, 0.2) is 47.4 Å². The zero-order valence-corrected chi connectivity index (χ0v) is 15.6. The van der Waals surface area contributed by atoms with Gasteiger partial charge in [0.05, 0.1) is 4.92 Å². The summed E-state index contributed by atoms with van der Waals surface area (Å²) in [6.45, 7) is 0.680. The van der Waals surface area contributed by atoms with E-state index in [1.807, 2.05) is 0 Å². The van der Waals surface area contributed by atoms with Gasteiger partial charge in [-0.3, -0.25) is 14.9 Å². The van der Waals surface area contributed by atoms with Crippen LogP contribution in [0.5, 0.6) is 0 Å². The second-order valence-electron chi connectivity index (χ2n) is 6.56. The Kier molecular flexibility index (Phi) is 5.43. The Labute approximate surface area is 161 Å². The van der Waals surface area contributed by atoms with E-state index in [1.54, 1.807) is 4.90 Å². The number of nitrogens with zero attached hydrogens (tertiary/aromatic N) is 2. The summed E-state index contributed by atoms with van der Waals surface area (Å²) in [5.41, 5.74) is 0.0135. The number of para-hydroxylation sites is 1. The molecule has 0 radical (unpaired) electrons. The summed E-state index contributed by atoms with van der Waals surface area (Å²) in [5, 5.41) is 16.6. The molecule has 0 amide bonds. The van der Waals surface area contributed by atoms with Crippen molar-refractivity contribution in [2.75, 3.05) is 18.0 Å². The van der Waals surface area contributed by atoms with Crippen LogP contribution >= 0.6 is 0 Å². The fourth-order valence-corrected chi connectivity index (χ4v) is 4.13. The van der Waals surface area contributed by atoms with Gasteiger partial charge >= 0.3 is 5.69 Å². The largest absolute Gasteiger partial charge is 0.366 e. The number of hydrogen-bond acceptors (Lipinski definition) is 6. The molecular formula is C18H18FN3O5S. The average Bonchev–Trinajstić information content (AvgIpc) is 2.67. The van der Waals surface area contributed by atoms with E-state index >= 15 is 0 Å². The molecular weight excluding hydrogens is 389 g/mol. The van der Waals surface area contributed by atoms with Crippen LogP contribution in [0.4, 0.5) is 15.8 Å². The summed E-state index contributed by atoms with van der Waals surface area (Å²) < 4.78 is 36.4. The highest BCUT2D eigenvalue weighted by Gasteiger charge is 2.32. The Morgan fingerprint density at radius 1 is 1.14 bits per heavy atom. The summed E-state index contributed by atoms with van der Waals surface area (Å²) in [5.74, 6) is -0.817. The number of primary sulfonamides is 1. The molecule has 1 heterocycles. The van der Waals surface area contributed by atoms with Crippen molar-refractivity contribution in [1.29, 1.82) is 0 Å². The minimum atomic E-state index is -4.26. The first-order valence-electron chi connectivity index (χ1n) is 8.53. The minimum Gasteiger partial charge on any atom is -0.366 e. The van der Waals surface area contributed by atoms with Crippen molar-refractivity contribution >= 4 is 27.2 Å². The number of ketones is 1. The third-order valence-electron chi connectivity index (χ3n) is 4.80. The first-order chi connectivity index (χ1) is 13.2. The van der Waals surface area contributed by atoms with Crippen LogP contribution in [0.1, 0.15) is 23.2 Å². The number of hydrogen-bond donors (Lipinski definition) is 1. The van der Waals surface area contributed by atoms with Crippen LogP contribution < -0.4 is 10.0 Å². The highest BCUT2D eigenvalue weighted by Crippen LogP contribution is 2.36. The van der Waals surface area contributed by atoms with E-state index in [9.17, 15) is 27.7 Å². The first-order valence-corrected chi connectivity index (χ1v) is 10.1. The number of nitro benzene ring substituents is 1. The van der Waals surface area contributed by atoms with Gasteiger partial charge in [-0.1, -0.05) is 6.07 Å². The molecule has 3 rings (SSSR count). The standard InChI is InChI=1S/C18H18FN3O5S/c19-14-6-4-12(5-7-14)18(23)13-8-10-21(11-9-13)15-2-1-3-16(28(20,26)27)17(15)22(24)25/h1-7,13H,8-11H2,(H2,20,26,27). The van der Waals surface area contributed by atoms with Gasteiger partial charge < -0.3 is 4.90 Å². The fourth-order valence-electron chi connectivity index (χ4n) is 3.41. The molecule has 0 unspecified atom stereocenters. The molecule has 0 spiro atoms. The van der Waals surface area contributed by atoms with Crippen molar-refractivity contribution in [3.8, 4) is 0 Å². The van der Waals surface area contributed by atoms with Gasteiger partial charge in [0.1, 0.15) is 11.5 Å². The zero-order valence-electron chi connectivity index (χ0n) is 14.7. The molecule has 2 N–H and O–H groups in total. The molecule has 0 bridgehead atoms. The normalized spacial score (nSPS) is 15.4. The molecule has 8 nitrogen and oxygen atoms in total. The van der Waals surface area contributed by atoms with Gasteiger partial charge in [0.2, 0.25) is 10.0 Å². The molecule has 0 aromatic heterocycles. The van der Waals surface area contributed by atoms with E-state index in [2.05, 4.69) is 0 Å². The number of sulfonamides is 1. The fraction of sp³-hybridized carbons (Fsp3) is 0.278. The molecule has 2 aromatic carbocycles. The molecule has 1 aliphatic rings. The lowest BCUT2D eigenvalue weighted by molar-refractivity contribution is -0.387. The average molecular weight is 407 g/mol. The van der Waals surface area contributed by atoms with E-state index in [0.717, 1.165) is 6.07 Å². The van der Waals surface area contributed by atoms with Crippen molar-refractivity contribution in [3.05, 3.63) is 64.0 Å². The second kappa shape index (κ2) is 7.64. The number of anilines is 1. The SMILES string of the molecule is NS(=O)(=O)c1cccc(N2CCC(C(=O)c3ccc(F)cc3)CC2)c1[N+](=O)[O-]. The summed E-state index contributed by atoms with van der Waals surface area (Å²) >= 11 is 0. The van der Waals surface area contributed by atoms with Crippen LogP contribution in [0, 0.1) is 21.8 Å².